The highest BCUT2D eigenvalue weighted by molar-refractivity contribution is 5.18. The number of hydrogen-bond donors (Lipinski definition) is 2. The second-order valence-corrected chi connectivity index (χ2v) is 5.71. The molecule has 0 spiro atoms. The van der Waals surface area contributed by atoms with Crippen LogP contribution in [0.1, 0.15) is 5.69 Å². The zero-order valence-electron chi connectivity index (χ0n) is 13.8. The number of aromatic nitrogens is 3. The zero-order chi connectivity index (χ0) is 19.4. The molecule has 1 fully saturated rings. The Morgan fingerprint density at radius 1 is 1.11 bits per heavy atom. The van der Waals surface area contributed by atoms with Crippen molar-refractivity contribution in [3.8, 4) is 11.9 Å². The minimum atomic E-state index is -4.62. The van der Waals surface area contributed by atoms with Crippen LogP contribution in [-0.4, -0.2) is 62.8 Å². The van der Waals surface area contributed by atoms with Crippen molar-refractivity contribution in [1.29, 1.82) is 0 Å². The fourth-order valence-corrected chi connectivity index (χ4v) is 2.42. The van der Waals surface area contributed by atoms with Gasteiger partial charge in [-0.1, -0.05) is 6.07 Å². The van der Waals surface area contributed by atoms with Gasteiger partial charge in [0.05, 0.1) is 6.61 Å². The van der Waals surface area contributed by atoms with E-state index in [4.69, 9.17) is 14.2 Å². The molecule has 3 heterocycles. The summed E-state index contributed by atoms with van der Waals surface area (Å²) in [5, 5.41) is 20.4. The number of alkyl halides is 3. The smallest absolute Gasteiger partial charge is 0.433 e. The van der Waals surface area contributed by atoms with Crippen molar-refractivity contribution < 1.29 is 37.6 Å². The molecule has 1 saturated heterocycles. The molecule has 1 aliphatic heterocycles. The number of rotatable bonds is 5. The molecule has 4 atom stereocenters. The minimum Gasteiger partial charge on any atom is -0.469 e. The normalized spacial score (nSPS) is 25.8. The summed E-state index contributed by atoms with van der Waals surface area (Å²) < 4.78 is 54.1. The zero-order valence-corrected chi connectivity index (χ0v) is 13.8. The Balaban J connectivity index is 1.59. The van der Waals surface area contributed by atoms with Crippen LogP contribution in [0.4, 0.5) is 13.2 Å². The summed E-state index contributed by atoms with van der Waals surface area (Å²) in [6, 6.07) is 4.83. The lowest BCUT2D eigenvalue weighted by Gasteiger charge is -2.36. The molecule has 0 bridgehead atoms. The lowest BCUT2D eigenvalue weighted by atomic mass is 10.0. The van der Waals surface area contributed by atoms with Gasteiger partial charge in [0, 0.05) is 18.5 Å². The van der Waals surface area contributed by atoms with Gasteiger partial charge < -0.3 is 24.4 Å². The Morgan fingerprint density at radius 2 is 1.85 bits per heavy atom. The molecule has 2 aromatic rings. The summed E-state index contributed by atoms with van der Waals surface area (Å²) >= 11 is 0. The monoisotopic (exact) mass is 387 g/mol. The fourth-order valence-electron chi connectivity index (χ4n) is 2.42. The summed E-state index contributed by atoms with van der Waals surface area (Å²) in [4.78, 5) is 11.1. The van der Waals surface area contributed by atoms with E-state index in [1.54, 1.807) is 6.07 Å². The second kappa shape index (κ2) is 8.03. The minimum absolute atomic E-state index is 0.0781. The molecule has 3 rings (SSSR count). The van der Waals surface area contributed by atoms with E-state index in [2.05, 4.69) is 15.0 Å². The van der Waals surface area contributed by atoms with E-state index in [1.807, 2.05) is 0 Å². The highest BCUT2D eigenvalue weighted by Gasteiger charge is 2.41. The van der Waals surface area contributed by atoms with Gasteiger partial charge in [-0.15, -0.1) is 0 Å². The van der Waals surface area contributed by atoms with Crippen molar-refractivity contribution in [2.75, 3.05) is 13.2 Å². The Labute approximate surface area is 151 Å². The highest BCUT2D eigenvalue weighted by Crippen LogP contribution is 2.29. The van der Waals surface area contributed by atoms with E-state index in [9.17, 15) is 23.4 Å². The number of aliphatic hydroxyl groups excluding tert-OH is 2. The molecule has 146 valence electrons. The quantitative estimate of drug-likeness (QED) is 0.777. The number of nitrogens with zero attached hydrogens (tertiary/aromatic N) is 3. The van der Waals surface area contributed by atoms with Crippen molar-refractivity contribution in [3.05, 3.63) is 42.4 Å². The molecule has 0 amide bonds. The van der Waals surface area contributed by atoms with Gasteiger partial charge in [-0.2, -0.15) is 13.2 Å². The molecule has 2 aromatic heterocycles. The molecule has 0 unspecified atom stereocenters. The number of pyridine rings is 1. The number of halogens is 3. The van der Waals surface area contributed by atoms with Crippen LogP contribution in [0.2, 0.25) is 0 Å². The van der Waals surface area contributed by atoms with Crippen molar-refractivity contribution in [2.45, 2.75) is 30.6 Å². The summed E-state index contributed by atoms with van der Waals surface area (Å²) in [7, 11) is 0. The lowest BCUT2D eigenvalue weighted by Crippen LogP contribution is -2.56. The largest absolute Gasteiger partial charge is 0.469 e. The first-order chi connectivity index (χ1) is 12.8. The van der Waals surface area contributed by atoms with Crippen LogP contribution in [0.25, 0.3) is 0 Å². The Hall–Kier alpha value is -2.50. The third kappa shape index (κ3) is 4.81. The van der Waals surface area contributed by atoms with Crippen LogP contribution in [0.3, 0.4) is 0 Å². The average molecular weight is 387 g/mol. The second-order valence-electron chi connectivity index (χ2n) is 5.71. The Kier molecular flexibility index (Phi) is 5.73. The number of ether oxygens (including phenoxy) is 3. The molecule has 27 heavy (non-hydrogen) atoms. The first-order valence-electron chi connectivity index (χ1n) is 7.93. The molecule has 1 aliphatic rings. The maximum Gasteiger partial charge on any atom is 0.433 e. The fraction of sp³-hybridized carbons (Fsp3) is 0.438. The lowest BCUT2D eigenvalue weighted by molar-refractivity contribution is -0.188. The molecular weight excluding hydrogens is 371 g/mol. The van der Waals surface area contributed by atoms with Crippen molar-refractivity contribution in [1.82, 2.24) is 15.0 Å². The van der Waals surface area contributed by atoms with Crippen LogP contribution in [-0.2, 0) is 10.9 Å². The molecule has 0 saturated carbocycles. The molecule has 0 radical (unpaired) electrons. The maximum absolute atomic E-state index is 12.7. The molecule has 11 heteroatoms. The number of hydrogen-bond acceptors (Lipinski definition) is 8. The van der Waals surface area contributed by atoms with E-state index in [0.29, 0.717) is 0 Å². The van der Waals surface area contributed by atoms with E-state index in [0.717, 1.165) is 12.1 Å². The molecule has 8 nitrogen and oxygen atoms in total. The van der Waals surface area contributed by atoms with Gasteiger partial charge in [0.1, 0.15) is 30.6 Å². The van der Waals surface area contributed by atoms with Gasteiger partial charge >= 0.3 is 12.2 Å². The average Bonchev–Trinajstić information content (AvgIpc) is 2.65. The van der Waals surface area contributed by atoms with E-state index in [1.165, 1.54) is 18.5 Å². The van der Waals surface area contributed by atoms with E-state index >= 15 is 0 Å². The Morgan fingerprint density at radius 3 is 2.56 bits per heavy atom. The van der Waals surface area contributed by atoms with Crippen molar-refractivity contribution in [2.24, 2.45) is 0 Å². The van der Waals surface area contributed by atoms with Crippen LogP contribution in [0, 0.1) is 0 Å². The predicted molar refractivity (Wildman–Crippen MR) is 82.9 cm³/mol. The van der Waals surface area contributed by atoms with Crippen molar-refractivity contribution >= 4 is 0 Å². The first kappa shape index (κ1) is 19.3. The van der Waals surface area contributed by atoms with Gasteiger partial charge in [0.25, 0.3) is 0 Å². The molecule has 0 aromatic carbocycles. The first-order valence-corrected chi connectivity index (χ1v) is 7.93. The van der Waals surface area contributed by atoms with Crippen LogP contribution in [0.5, 0.6) is 11.9 Å². The Bertz CT molecular complexity index is 750. The van der Waals surface area contributed by atoms with E-state index < -0.39 is 36.3 Å². The van der Waals surface area contributed by atoms with Crippen molar-refractivity contribution in [3.63, 3.8) is 0 Å². The summed E-state index contributed by atoms with van der Waals surface area (Å²) in [6.45, 7) is -0.309. The SMILES string of the molecule is O[C@@H]1[C@H](O)[C@@H](Oc2cccc(C(F)(F)F)n2)CO[C@@H]1COc1ncccn1. The summed E-state index contributed by atoms with van der Waals surface area (Å²) in [5.41, 5.74) is -1.12. The molecular formula is C16H16F3N3O5. The van der Waals surface area contributed by atoms with Gasteiger partial charge in [-0.3, -0.25) is 0 Å². The molecule has 2 N–H and O–H groups in total. The van der Waals surface area contributed by atoms with Crippen LogP contribution in [0.15, 0.2) is 36.7 Å². The maximum atomic E-state index is 12.7. The van der Waals surface area contributed by atoms with Gasteiger partial charge in [0.2, 0.25) is 5.88 Å². The third-order valence-electron chi connectivity index (χ3n) is 3.79. The number of aliphatic hydroxyl groups is 2. The van der Waals surface area contributed by atoms with Gasteiger partial charge in [-0.25, -0.2) is 15.0 Å². The van der Waals surface area contributed by atoms with Crippen LogP contribution < -0.4 is 9.47 Å². The van der Waals surface area contributed by atoms with E-state index in [-0.39, 0.29) is 25.1 Å². The molecule has 0 aliphatic carbocycles. The third-order valence-corrected chi connectivity index (χ3v) is 3.79. The van der Waals surface area contributed by atoms with Crippen LogP contribution >= 0.6 is 0 Å². The standard InChI is InChI=1S/C16H16F3N3O5/c17-16(18,19)11-3-1-4-12(22-11)27-10-8-25-9(13(23)14(10)24)7-26-15-20-5-2-6-21-15/h1-6,9-10,13-14,23-24H,7-8H2/t9-,10+,13+,14-/m1/s1. The topological polar surface area (TPSA) is 107 Å². The summed E-state index contributed by atoms with van der Waals surface area (Å²) in [5.74, 6) is -0.336. The predicted octanol–water partition coefficient (Wildman–Crippen LogP) is 0.837. The summed E-state index contributed by atoms with van der Waals surface area (Å²) in [6.07, 6.45) is -6.47. The highest BCUT2D eigenvalue weighted by atomic mass is 19.4. The van der Waals surface area contributed by atoms with Gasteiger partial charge in [-0.05, 0) is 12.1 Å². The van der Waals surface area contributed by atoms with Gasteiger partial charge in [0.15, 0.2) is 6.10 Å².